The van der Waals surface area contributed by atoms with Crippen molar-refractivity contribution in [3.63, 3.8) is 0 Å². The molecule has 2 rings (SSSR count). The van der Waals surface area contributed by atoms with Crippen molar-refractivity contribution in [1.82, 2.24) is 15.7 Å². The van der Waals surface area contributed by atoms with E-state index in [-0.39, 0.29) is 0 Å². The maximum absolute atomic E-state index is 5.15. The molecule has 3 N–H and O–H groups in total. The number of H-pyrrole nitrogens is 1. The van der Waals surface area contributed by atoms with Gasteiger partial charge in [0.2, 0.25) is 0 Å². The molecule has 4 nitrogen and oxygen atoms in total. The van der Waals surface area contributed by atoms with Gasteiger partial charge in [-0.3, -0.25) is 5.43 Å². The van der Waals surface area contributed by atoms with Crippen LogP contribution in [0.15, 0.2) is 29.5 Å². The number of aromatic amines is 1. The average Bonchev–Trinajstić information content (AvgIpc) is 2.91. The first-order valence-corrected chi connectivity index (χ1v) is 7.83. The Balaban J connectivity index is 2.00. The van der Waals surface area contributed by atoms with Crippen molar-refractivity contribution in [3.05, 3.63) is 35.5 Å². The molecule has 1 aromatic heterocycles. The molecule has 1 aromatic carbocycles. The molecule has 5 heteroatoms. The molecule has 1 heterocycles. The molecule has 0 unspecified atom stereocenters. The minimum absolute atomic E-state index is 0.564. The molecule has 0 bridgehead atoms. The molecular formula is C16H22N4S. The van der Waals surface area contributed by atoms with Gasteiger partial charge in [-0.25, -0.2) is 0 Å². The standard InChI is InChI=1S/C16H22N4S/c1-3-5-9-17-16(21)20-19-11-13-10-18-15-12(4-2)7-6-8-14(13)15/h6-8,10-11,18H,3-5,9H2,1-2H3,(H2,17,20,21)/b19-11+. The second-order valence-corrected chi connectivity index (χ2v) is 5.32. The molecule has 0 amide bonds. The fourth-order valence-electron chi connectivity index (χ4n) is 2.22. The zero-order valence-electron chi connectivity index (χ0n) is 12.6. The van der Waals surface area contributed by atoms with Crippen LogP contribution in [0.1, 0.15) is 37.8 Å². The van der Waals surface area contributed by atoms with Crippen LogP contribution in [0, 0.1) is 0 Å². The summed E-state index contributed by atoms with van der Waals surface area (Å²) in [6.45, 7) is 5.19. The van der Waals surface area contributed by atoms with Crippen LogP contribution in [-0.2, 0) is 6.42 Å². The largest absolute Gasteiger partial charge is 0.361 e. The van der Waals surface area contributed by atoms with E-state index in [0.717, 1.165) is 31.4 Å². The number of para-hydroxylation sites is 1. The van der Waals surface area contributed by atoms with Crippen LogP contribution in [-0.4, -0.2) is 22.9 Å². The van der Waals surface area contributed by atoms with Gasteiger partial charge >= 0.3 is 0 Å². The third-order valence-corrected chi connectivity index (χ3v) is 3.64. The summed E-state index contributed by atoms with van der Waals surface area (Å²) in [5, 5.41) is 9.07. The quantitative estimate of drug-likeness (QED) is 0.332. The lowest BCUT2D eigenvalue weighted by atomic mass is 10.1. The Morgan fingerprint density at radius 1 is 1.38 bits per heavy atom. The zero-order chi connectivity index (χ0) is 15.1. The van der Waals surface area contributed by atoms with Crippen LogP contribution >= 0.6 is 12.2 Å². The van der Waals surface area contributed by atoms with Gasteiger partial charge in [0.15, 0.2) is 5.11 Å². The maximum atomic E-state index is 5.15. The number of thiocarbonyl (C=S) groups is 1. The van der Waals surface area contributed by atoms with Crippen molar-refractivity contribution in [2.45, 2.75) is 33.1 Å². The highest BCUT2D eigenvalue weighted by molar-refractivity contribution is 7.80. The number of nitrogens with zero attached hydrogens (tertiary/aromatic N) is 1. The van der Waals surface area contributed by atoms with Crippen molar-refractivity contribution in [2.24, 2.45) is 5.10 Å². The molecule has 0 saturated heterocycles. The maximum Gasteiger partial charge on any atom is 0.186 e. The van der Waals surface area contributed by atoms with Crippen molar-refractivity contribution in [1.29, 1.82) is 0 Å². The second-order valence-electron chi connectivity index (χ2n) is 4.92. The molecule has 0 fully saturated rings. The number of hydrazone groups is 1. The van der Waals surface area contributed by atoms with E-state index in [2.05, 4.69) is 52.9 Å². The summed E-state index contributed by atoms with van der Waals surface area (Å²) in [6, 6.07) is 6.33. The molecule has 112 valence electrons. The fourth-order valence-corrected chi connectivity index (χ4v) is 2.37. The van der Waals surface area contributed by atoms with Gasteiger partial charge in [-0.1, -0.05) is 38.5 Å². The van der Waals surface area contributed by atoms with Crippen LogP contribution in [0.3, 0.4) is 0 Å². The number of nitrogens with one attached hydrogen (secondary N) is 3. The molecule has 0 aliphatic rings. The number of fused-ring (bicyclic) bond motifs is 1. The first-order chi connectivity index (χ1) is 10.3. The third kappa shape index (κ3) is 4.04. The van der Waals surface area contributed by atoms with E-state index < -0.39 is 0 Å². The fraction of sp³-hybridized carbons (Fsp3) is 0.375. The van der Waals surface area contributed by atoms with E-state index in [1.165, 1.54) is 16.5 Å². The number of unbranched alkanes of at least 4 members (excludes halogenated alkanes) is 1. The SMILES string of the molecule is CCCCNC(=S)N/N=C/c1c[nH]c2c(CC)cccc12. The molecular weight excluding hydrogens is 280 g/mol. The lowest BCUT2D eigenvalue weighted by molar-refractivity contribution is 0.745. The van der Waals surface area contributed by atoms with E-state index in [4.69, 9.17) is 12.2 Å². The van der Waals surface area contributed by atoms with Gasteiger partial charge in [0.25, 0.3) is 0 Å². The van der Waals surface area contributed by atoms with Crippen molar-refractivity contribution in [3.8, 4) is 0 Å². The first-order valence-electron chi connectivity index (χ1n) is 7.42. The molecule has 0 saturated carbocycles. The number of aryl methyl sites for hydroxylation is 1. The topological polar surface area (TPSA) is 52.2 Å². The van der Waals surface area contributed by atoms with Crippen LogP contribution < -0.4 is 10.7 Å². The molecule has 0 spiro atoms. The van der Waals surface area contributed by atoms with Gasteiger partial charge in [-0.15, -0.1) is 0 Å². The monoisotopic (exact) mass is 302 g/mol. The highest BCUT2D eigenvalue weighted by Gasteiger charge is 2.04. The molecule has 0 aliphatic heterocycles. The summed E-state index contributed by atoms with van der Waals surface area (Å²) in [4.78, 5) is 3.32. The number of aromatic nitrogens is 1. The van der Waals surface area contributed by atoms with Crippen molar-refractivity contribution < 1.29 is 0 Å². The highest BCUT2D eigenvalue weighted by atomic mass is 32.1. The number of benzene rings is 1. The number of hydrogen-bond acceptors (Lipinski definition) is 2. The Kier molecular flexibility index (Phi) is 5.75. The number of hydrogen-bond donors (Lipinski definition) is 3. The van der Waals surface area contributed by atoms with E-state index >= 15 is 0 Å². The predicted molar refractivity (Wildman–Crippen MR) is 93.9 cm³/mol. The lowest BCUT2D eigenvalue weighted by Gasteiger charge is -2.05. The Morgan fingerprint density at radius 3 is 3.00 bits per heavy atom. The average molecular weight is 302 g/mol. The molecule has 21 heavy (non-hydrogen) atoms. The molecule has 0 aliphatic carbocycles. The van der Waals surface area contributed by atoms with Gasteiger partial charge in [0.1, 0.15) is 0 Å². The minimum Gasteiger partial charge on any atom is -0.361 e. The smallest absolute Gasteiger partial charge is 0.186 e. The van der Waals surface area contributed by atoms with Gasteiger partial charge in [0, 0.05) is 29.2 Å². The van der Waals surface area contributed by atoms with E-state index in [0.29, 0.717) is 5.11 Å². The Morgan fingerprint density at radius 2 is 2.24 bits per heavy atom. The summed E-state index contributed by atoms with van der Waals surface area (Å²) in [6.07, 6.45) is 7.04. The lowest BCUT2D eigenvalue weighted by Crippen LogP contribution is -2.32. The predicted octanol–water partition coefficient (Wildman–Crippen LogP) is 3.33. The summed E-state index contributed by atoms with van der Waals surface area (Å²) in [5.74, 6) is 0. The van der Waals surface area contributed by atoms with Gasteiger partial charge in [-0.05, 0) is 30.6 Å². The third-order valence-electron chi connectivity index (χ3n) is 3.40. The Hall–Kier alpha value is -1.88. The van der Waals surface area contributed by atoms with Crippen LogP contribution in [0.25, 0.3) is 10.9 Å². The summed E-state index contributed by atoms with van der Waals surface area (Å²) in [5.41, 5.74) is 6.41. The first kappa shape index (κ1) is 15.5. The van der Waals surface area contributed by atoms with Crippen molar-refractivity contribution >= 4 is 34.4 Å². The van der Waals surface area contributed by atoms with Crippen LogP contribution in [0.5, 0.6) is 0 Å². The molecule has 0 atom stereocenters. The van der Waals surface area contributed by atoms with E-state index in [1.54, 1.807) is 6.21 Å². The number of rotatable bonds is 6. The molecule has 2 aromatic rings. The minimum atomic E-state index is 0.564. The summed E-state index contributed by atoms with van der Waals surface area (Å²) >= 11 is 5.15. The highest BCUT2D eigenvalue weighted by Crippen LogP contribution is 2.20. The van der Waals surface area contributed by atoms with Crippen LogP contribution in [0.4, 0.5) is 0 Å². The van der Waals surface area contributed by atoms with Crippen LogP contribution in [0.2, 0.25) is 0 Å². The summed E-state index contributed by atoms with van der Waals surface area (Å²) in [7, 11) is 0. The van der Waals surface area contributed by atoms with Crippen molar-refractivity contribution in [2.75, 3.05) is 6.54 Å². The molecule has 0 radical (unpaired) electrons. The second kappa shape index (κ2) is 7.78. The zero-order valence-corrected chi connectivity index (χ0v) is 13.4. The Bertz CT molecular complexity index is 630. The van der Waals surface area contributed by atoms with Gasteiger partial charge in [0.05, 0.1) is 6.21 Å². The van der Waals surface area contributed by atoms with Gasteiger partial charge < -0.3 is 10.3 Å². The normalized spacial score (nSPS) is 11.1. The van der Waals surface area contributed by atoms with E-state index in [1.807, 2.05) is 6.20 Å². The Labute approximate surface area is 131 Å². The van der Waals surface area contributed by atoms with Gasteiger partial charge in [-0.2, -0.15) is 5.10 Å². The van der Waals surface area contributed by atoms with E-state index in [9.17, 15) is 0 Å². The summed E-state index contributed by atoms with van der Waals surface area (Å²) < 4.78 is 0.